The van der Waals surface area contributed by atoms with Crippen molar-refractivity contribution in [2.24, 2.45) is 5.92 Å². The molecule has 1 aliphatic heterocycles. The Morgan fingerprint density at radius 2 is 2.00 bits per heavy atom. The van der Waals surface area contributed by atoms with Crippen LogP contribution in [0.4, 0.5) is 0 Å². The average Bonchev–Trinajstić information content (AvgIpc) is 3.03. The number of imidazole rings is 1. The highest BCUT2D eigenvalue weighted by molar-refractivity contribution is 7.89. The normalized spacial score (nSPS) is 18.8. The topological polar surface area (TPSA) is 90.2 Å². The van der Waals surface area contributed by atoms with Gasteiger partial charge in [-0.3, -0.25) is 0 Å². The highest BCUT2D eigenvalue weighted by Gasteiger charge is 2.32. The Morgan fingerprint density at radius 3 is 2.65 bits per heavy atom. The van der Waals surface area contributed by atoms with Crippen molar-refractivity contribution in [2.45, 2.75) is 45.2 Å². The Labute approximate surface area is 154 Å². The van der Waals surface area contributed by atoms with E-state index in [-0.39, 0.29) is 10.9 Å². The van der Waals surface area contributed by atoms with Gasteiger partial charge in [0, 0.05) is 44.1 Å². The highest BCUT2D eigenvalue weighted by Crippen LogP contribution is 2.24. The molecule has 0 spiro atoms. The fourth-order valence-corrected chi connectivity index (χ4v) is 4.63. The second kappa shape index (κ2) is 7.71. The molecule has 2 aromatic heterocycles. The van der Waals surface area contributed by atoms with E-state index in [2.05, 4.69) is 15.0 Å². The summed E-state index contributed by atoms with van der Waals surface area (Å²) < 4.78 is 34.8. The van der Waals surface area contributed by atoms with Gasteiger partial charge in [-0.2, -0.15) is 4.31 Å². The van der Waals surface area contributed by atoms with Crippen LogP contribution in [0.5, 0.6) is 6.01 Å². The van der Waals surface area contributed by atoms with Gasteiger partial charge in [-0.25, -0.2) is 23.4 Å². The summed E-state index contributed by atoms with van der Waals surface area (Å²) in [6, 6.07) is 0.327. The lowest BCUT2D eigenvalue weighted by atomic mass is 10.0. The van der Waals surface area contributed by atoms with Crippen molar-refractivity contribution in [1.29, 1.82) is 0 Å². The number of ether oxygens (including phenoxy) is 1. The van der Waals surface area contributed by atoms with Gasteiger partial charge < -0.3 is 9.30 Å². The number of sulfonamides is 1. The standard InChI is InChI=1S/C17H25N5O3S/c1-4-21-11-16(20-14(21)3)26(23,24)22-7-5-6-15(10-22)12-25-17-18-8-13(2)9-19-17/h8-9,11,15H,4-7,10,12H2,1-3H3. The average molecular weight is 379 g/mol. The van der Waals surface area contributed by atoms with Gasteiger partial charge in [-0.1, -0.05) is 0 Å². The third kappa shape index (κ3) is 4.04. The minimum atomic E-state index is -3.58. The lowest BCUT2D eigenvalue weighted by molar-refractivity contribution is 0.171. The Hall–Kier alpha value is -2.00. The molecule has 9 heteroatoms. The summed E-state index contributed by atoms with van der Waals surface area (Å²) in [6.07, 6.45) is 6.74. The Balaban J connectivity index is 1.66. The zero-order valence-electron chi connectivity index (χ0n) is 15.4. The van der Waals surface area contributed by atoms with Crippen molar-refractivity contribution in [3.63, 3.8) is 0 Å². The van der Waals surface area contributed by atoms with Crippen LogP contribution in [0.3, 0.4) is 0 Å². The molecule has 0 saturated carbocycles. The zero-order chi connectivity index (χ0) is 18.7. The van der Waals surface area contributed by atoms with Crippen molar-refractivity contribution < 1.29 is 13.2 Å². The molecule has 0 N–H and O–H groups in total. The molecule has 3 rings (SSSR count). The number of rotatable bonds is 6. The third-order valence-corrected chi connectivity index (χ3v) is 6.32. The number of aryl methyl sites for hydroxylation is 3. The summed E-state index contributed by atoms with van der Waals surface area (Å²) in [7, 11) is -3.58. The first-order valence-corrected chi connectivity index (χ1v) is 10.3. The molecule has 0 amide bonds. The summed E-state index contributed by atoms with van der Waals surface area (Å²) in [4.78, 5) is 12.5. The predicted molar refractivity (Wildman–Crippen MR) is 96.4 cm³/mol. The molecule has 0 aromatic carbocycles. The molecule has 3 heterocycles. The molecular formula is C17H25N5O3S. The summed E-state index contributed by atoms with van der Waals surface area (Å²) in [5.41, 5.74) is 0.967. The summed E-state index contributed by atoms with van der Waals surface area (Å²) in [6.45, 7) is 7.72. The van der Waals surface area contributed by atoms with E-state index in [9.17, 15) is 8.42 Å². The Kier molecular flexibility index (Phi) is 5.57. The maximum absolute atomic E-state index is 12.9. The molecule has 2 aromatic rings. The number of hydrogen-bond donors (Lipinski definition) is 0. The van der Waals surface area contributed by atoms with E-state index in [1.54, 1.807) is 18.6 Å². The van der Waals surface area contributed by atoms with Crippen LogP contribution >= 0.6 is 0 Å². The van der Waals surface area contributed by atoms with Crippen molar-refractivity contribution in [3.8, 4) is 6.01 Å². The molecule has 26 heavy (non-hydrogen) atoms. The highest BCUT2D eigenvalue weighted by atomic mass is 32.2. The van der Waals surface area contributed by atoms with Crippen LogP contribution in [0.25, 0.3) is 0 Å². The lowest BCUT2D eigenvalue weighted by Crippen LogP contribution is -2.41. The van der Waals surface area contributed by atoms with Gasteiger partial charge >= 0.3 is 6.01 Å². The number of hydrogen-bond acceptors (Lipinski definition) is 6. The molecule has 1 atom stereocenters. The molecule has 1 fully saturated rings. The SMILES string of the molecule is CCn1cc(S(=O)(=O)N2CCCC(COc3ncc(C)cn3)C2)nc1C. The number of aromatic nitrogens is 4. The molecule has 1 saturated heterocycles. The van der Waals surface area contributed by atoms with Crippen LogP contribution in [0.1, 0.15) is 31.2 Å². The first-order chi connectivity index (χ1) is 12.4. The second-order valence-electron chi connectivity index (χ2n) is 6.64. The van der Waals surface area contributed by atoms with Crippen LogP contribution in [0.15, 0.2) is 23.6 Å². The van der Waals surface area contributed by atoms with Crippen LogP contribution in [0, 0.1) is 19.8 Å². The van der Waals surface area contributed by atoms with Crippen molar-refractivity contribution in [1.82, 2.24) is 23.8 Å². The van der Waals surface area contributed by atoms with E-state index in [1.807, 2.05) is 25.3 Å². The van der Waals surface area contributed by atoms with Gasteiger partial charge in [-0.15, -0.1) is 0 Å². The quantitative estimate of drug-likeness (QED) is 0.760. The van der Waals surface area contributed by atoms with Gasteiger partial charge in [0.2, 0.25) is 0 Å². The van der Waals surface area contributed by atoms with E-state index in [1.165, 1.54) is 4.31 Å². The predicted octanol–water partition coefficient (Wildman–Crippen LogP) is 1.79. The fraction of sp³-hybridized carbons (Fsp3) is 0.588. The second-order valence-corrected chi connectivity index (χ2v) is 8.52. The molecule has 8 nitrogen and oxygen atoms in total. The molecule has 0 radical (unpaired) electrons. The maximum atomic E-state index is 12.9. The molecule has 142 valence electrons. The van der Waals surface area contributed by atoms with Crippen LogP contribution in [-0.4, -0.2) is 51.9 Å². The molecular weight excluding hydrogens is 354 g/mol. The first-order valence-electron chi connectivity index (χ1n) is 8.85. The van der Waals surface area contributed by atoms with E-state index in [0.29, 0.717) is 38.1 Å². The van der Waals surface area contributed by atoms with Gasteiger partial charge in [0.05, 0.1) is 6.61 Å². The smallest absolute Gasteiger partial charge is 0.316 e. The summed E-state index contributed by atoms with van der Waals surface area (Å²) >= 11 is 0. The van der Waals surface area contributed by atoms with Crippen LogP contribution < -0.4 is 4.74 Å². The fourth-order valence-electron chi connectivity index (χ4n) is 3.08. The maximum Gasteiger partial charge on any atom is 0.316 e. The van der Waals surface area contributed by atoms with Gasteiger partial charge in [0.25, 0.3) is 10.0 Å². The lowest BCUT2D eigenvalue weighted by Gasteiger charge is -2.30. The summed E-state index contributed by atoms with van der Waals surface area (Å²) in [5.74, 6) is 0.817. The minimum absolute atomic E-state index is 0.109. The number of piperidine rings is 1. The minimum Gasteiger partial charge on any atom is -0.463 e. The first kappa shape index (κ1) is 18.8. The van der Waals surface area contributed by atoms with Gasteiger partial charge in [0.15, 0.2) is 5.03 Å². The Morgan fingerprint density at radius 1 is 1.27 bits per heavy atom. The molecule has 0 bridgehead atoms. The van der Waals surface area contributed by atoms with E-state index in [0.717, 1.165) is 18.4 Å². The summed E-state index contributed by atoms with van der Waals surface area (Å²) in [5, 5.41) is 0.125. The van der Waals surface area contributed by atoms with E-state index in [4.69, 9.17) is 4.74 Å². The van der Waals surface area contributed by atoms with Crippen molar-refractivity contribution in [3.05, 3.63) is 30.0 Å². The molecule has 0 aliphatic carbocycles. The zero-order valence-corrected chi connectivity index (χ0v) is 16.2. The van der Waals surface area contributed by atoms with Gasteiger partial charge in [0.1, 0.15) is 5.82 Å². The number of nitrogens with zero attached hydrogens (tertiary/aromatic N) is 5. The van der Waals surface area contributed by atoms with Gasteiger partial charge in [-0.05, 0) is 39.2 Å². The van der Waals surface area contributed by atoms with E-state index >= 15 is 0 Å². The van der Waals surface area contributed by atoms with E-state index < -0.39 is 10.0 Å². The monoisotopic (exact) mass is 379 g/mol. The third-order valence-electron chi connectivity index (χ3n) is 4.59. The van der Waals surface area contributed by atoms with Crippen LogP contribution in [0.2, 0.25) is 0 Å². The largest absolute Gasteiger partial charge is 0.463 e. The van der Waals surface area contributed by atoms with Crippen molar-refractivity contribution in [2.75, 3.05) is 19.7 Å². The van der Waals surface area contributed by atoms with Crippen LogP contribution in [-0.2, 0) is 16.6 Å². The Bertz CT molecular complexity index is 848. The van der Waals surface area contributed by atoms with Crippen molar-refractivity contribution >= 4 is 10.0 Å². The molecule has 1 unspecified atom stereocenters. The molecule has 1 aliphatic rings.